The number of amides is 2. The quantitative estimate of drug-likeness (QED) is 0.316. The van der Waals surface area contributed by atoms with Gasteiger partial charge in [0, 0.05) is 12.3 Å². The molecule has 1 aliphatic rings. The molecule has 2 rings (SSSR count). The molecule has 1 fully saturated rings. The number of epoxide rings is 1. The average molecular weight is 555 g/mol. The second-order valence-electron chi connectivity index (χ2n) is 11.4. The molecule has 2 N–H and O–H groups in total. The fraction of sp³-hybridized carbons (Fsp3) is 0.643. The summed E-state index contributed by atoms with van der Waals surface area (Å²) >= 11 is 0. The smallest absolute Gasteiger partial charge is 0.408 e. The summed E-state index contributed by atoms with van der Waals surface area (Å²) in [6.45, 7) is 6.53. The zero-order valence-electron chi connectivity index (χ0n) is 23.4. The molecule has 1 aromatic carbocycles. The van der Waals surface area contributed by atoms with Gasteiger partial charge in [0.25, 0.3) is 0 Å². The number of ether oxygens (including phenoxy) is 3. The third-order valence-corrected chi connectivity index (χ3v) is 6.06. The van der Waals surface area contributed by atoms with E-state index in [0.29, 0.717) is 0 Å². The molecular weight excluding hydrogens is 514 g/mol. The van der Waals surface area contributed by atoms with Crippen LogP contribution in [0, 0.1) is 11.8 Å². The van der Waals surface area contributed by atoms with E-state index in [0.717, 1.165) is 5.56 Å². The van der Waals surface area contributed by atoms with Crippen LogP contribution in [0.5, 0.6) is 0 Å². The number of hydrogen-bond donors (Lipinski definition) is 2. The normalized spacial score (nSPS) is 19.2. The molecular formula is C28H40F2N2O7. The predicted molar refractivity (Wildman–Crippen MR) is 139 cm³/mol. The first-order valence-corrected chi connectivity index (χ1v) is 13.0. The Morgan fingerprint density at radius 2 is 1.67 bits per heavy atom. The molecule has 11 heteroatoms. The van der Waals surface area contributed by atoms with E-state index < -0.39 is 60.2 Å². The molecule has 1 aromatic rings. The number of benzene rings is 1. The van der Waals surface area contributed by atoms with Crippen LogP contribution in [0.1, 0.15) is 59.9 Å². The van der Waals surface area contributed by atoms with Crippen LogP contribution in [-0.4, -0.2) is 66.7 Å². The van der Waals surface area contributed by atoms with Crippen molar-refractivity contribution in [2.45, 2.75) is 90.7 Å². The fourth-order valence-corrected chi connectivity index (χ4v) is 4.04. The van der Waals surface area contributed by atoms with Crippen molar-refractivity contribution in [3.63, 3.8) is 0 Å². The Bertz CT molecular complexity index is 991. The van der Waals surface area contributed by atoms with Gasteiger partial charge in [0.05, 0.1) is 19.3 Å². The minimum Gasteiger partial charge on any atom is -0.444 e. The van der Waals surface area contributed by atoms with Crippen molar-refractivity contribution in [1.82, 2.24) is 10.6 Å². The highest BCUT2D eigenvalue weighted by Gasteiger charge is 2.50. The lowest BCUT2D eigenvalue weighted by molar-refractivity contribution is -0.144. The van der Waals surface area contributed by atoms with Crippen LogP contribution < -0.4 is 10.6 Å². The van der Waals surface area contributed by atoms with Crippen LogP contribution >= 0.6 is 0 Å². The Morgan fingerprint density at radius 3 is 2.18 bits per heavy atom. The predicted octanol–water partition coefficient (Wildman–Crippen LogP) is 3.83. The van der Waals surface area contributed by atoms with E-state index in [4.69, 9.17) is 9.47 Å². The van der Waals surface area contributed by atoms with Gasteiger partial charge in [0.2, 0.25) is 5.91 Å². The second-order valence-corrected chi connectivity index (χ2v) is 11.4. The summed E-state index contributed by atoms with van der Waals surface area (Å²) in [5.74, 6) is -2.36. The van der Waals surface area contributed by atoms with Gasteiger partial charge in [-0.3, -0.25) is 14.4 Å². The van der Waals surface area contributed by atoms with Crippen molar-refractivity contribution in [3.05, 3.63) is 35.9 Å². The van der Waals surface area contributed by atoms with Crippen LogP contribution in [0.15, 0.2) is 30.3 Å². The maximum absolute atomic E-state index is 13.4. The summed E-state index contributed by atoms with van der Waals surface area (Å²) in [4.78, 5) is 52.0. The van der Waals surface area contributed by atoms with Crippen molar-refractivity contribution in [1.29, 1.82) is 0 Å². The zero-order chi connectivity index (χ0) is 29.4. The SMILES string of the molecule is CC(C)C[C@H](CC(=O)[C@H](COC(F)F)NC(=O)OC(C)(C)C)C(=O)N[C@@H](Cc1ccccc1)C(=O)[C@@]1(C)CO1. The van der Waals surface area contributed by atoms with Crippen LogP contribution in [0.2, 0.25) is 0 Å². The van der Waals surface area contributed by atoms with Crippen molar-refractivity contribution < 1.29 is 42.2 Å². The summed E-state index contributed by atoms with van der Waals surface area (Å²) in [6, 6.07) is 6.82. The van der Waals surface area contributed by atoms with Gasteiger partial charge in [-0.15, -0.1) is 0 Å². The van der Waals surface area contributed by atoms with E-state index in [-0.39, 0.29) is 37.6 Å². The largest absolute Gasteiger partial charge is 0.444 e. The highest BCUT2D eigenvalue weighted by atomic mass is 19.3. The van der Waals surface area contributed by atoms with E-state index >= 15 is 0 Å². The molecule has 4 atom stereocenters. The van der Waals surface area contributed by atoms with Gasteiger partial charge in [-0.05, 0) is 52.0 Å². The molecule has 218 valence electrons. The van der Waals surface area contributed by atoms with Crippen LogP contribution in [0.25, 0.3) is 0 Å². The van der Waals surface area contributed by atoms with Gasteiger partial charge in [-0.25, -0.2) is 4.79 Å². The molecule has 1 aliphatic heterocycles. The first-order valence-electron chi connectivity index (χ1n) is 13.0. The molecule has 0 aromatic heterocycles. The minimum atomic E-state index is -3.16. The third-order valence-electron chi connectivity index (χ3n) is 6.06. The maximum Gasteiger partial charge on any atom is 0.408 e. The lowest BCUT2D eigenvalue weighted by atomic mass is 9.88. The number of Topliss-reactive ketones (excluding diaryl/α,β-unsaturated/α-hetero) is 2. The molecule has 0 spiro atoms. The Labute approximate surface area is 228 Å². The Kier molecular flexibility index (Phi) is 11.5. The number of alkyl carbamates (subject to hydrolysis) is 1. The second kappa shape index (κ2) is 13.9. The number of nitrogens with one attached hydrogen (secondary N) is 2. The number of halogens is 2. The number of carbonyl (C=O) groups excluding carboxylic acids is 4. The third kappa shape index (κ3) is 11.4. The van der Waals surface area contributed by atoms with Crippen LogP contribution in [-0.2, 0) is 35.0 Å². The van der Waals surface area contributed by atoms with Crippen molar-refractivity contribution in [2.75, 3.05) is 13.2 Å². The molecule has 1 heterocycles. The Balaban J connectivity index is 2.20. The average Bonchev–Trinajstić information content (AvgIpc) is 3.57. The summed E-state index contributed by atoms with van der Waals surface area (Å²) in [6.07, 6.45) is -0.823. The highest BCUT2D eigenvalue weighted by molar-refractivity contribution is 5.98. The van der Waals surface area contributed by atoms with E-state index in [1.54, 1.807) is 27.7 Å². The van der Waals surface area contributed by atoms with Gasteiger partial charge in [-0.2, -0.15) is 8.78 Å². The molecule has 39 heavy (non-hydrogen) atoms. The summed E-state index contributed by atoms with van der Waals surface area (Å²) in [5.41, 5.74) is -1.03. The van der Waals surface area contributed by atoms with Crippen LogP contribution in [0.4, 0.5) is 13.6 Å². The number of rotatable bonds is 15. The molecule has 0 radical (unpaired) electrons. The molecule has 9 nitrogen and oxygen atoms in total. The van der Waals surface area contributed by atoms with Gasteiger partial charge in [0.15, 0.2) is 11.6 Å². The fourth-order valence-electron chi connectivity index (χ4n) is 4.04. The van der Waals surface area contributed by atoms with E-state index in [9.17, 15) is 28.0 Å². The zero-order valence-corrected chi connectivity index (χ0v) is 23.4. The standard InChI is InChI=1S/C28H40F2N2O7/c1-17(2)12-19(14-22(33)21(15-37-25(29)30)32-26(36)39-27(3,4)5)24(35)31-20(23(34)28(6)16-38-28)13-18-10-8-7-9-11-18/h7-11,17,19-21,25H,12-16H2,1-6H3,(H,31,35)(H,32,36)/t19-,20+,21+,28-/m1/s1. The molecule has 0 aliphatic carbocycles. The number of ketones is 2. The monoisotopic (exact) mass is 554 g/mol. The van der Waals surface area contributed by atoms with Gasteiger partial charge in [0.1, 0.15) is 17.2 Å². The number of alkyl halides is 2. The van der Waals surface area contributed by atoms with E-state index in [1.165, 1.54) is 0 Å². The summed E-state index contributed by atoms with van der Waals surface area (Å²) in [5, 5.41) is 5.07. The van der Waals surface area contributed by atoms with Crippen molar-refractivity contribution in [2.24, 2.45) is 11.8 Å². The summed E-state index contributed by atoms with van der Waals surface area (Å²) in [7, 11) is 0. The molecule has 0 unspecified atom stereocenters. The molecule has 2 amide bonds. The highest BCUT2D eigenvalue weighted by Crippen LogP contribution is 2.29. The van der Waals surface area contributed by atoms with Gasteiger partial charge < -0.3 is 24.8 Å². The molecule has 0 bridgehead atoms. The minimum absolute atomic E-state index is 0.00399. The lowest BCUT2D eigenvalue weighted by Gasteiger charge is -2.26. The summed E-state index contributed by atoms with van der Waals surface area (Å²) < 4.78 is 40.2. The van der Waals surface area contributed by atoms with E-state index in [2.05, 4.69) is 15.4 Å². The maximum atomic E-state index is 13.4. The Morgan fingerprint density at radius 1 is 1.05 bits per heavy atom. The number of hydrogen-bond acceptors (Lipinski definition) is 7. The van der Waals surface area contributed by atoms with Crippen molar-refractivity contribution in [3.8, 4) is 0 Å². The Hall–Kier alpha value is -2.92. The number of carbonyl (C=O) groups is 4. The first kappa shape index (κ1) is 32.3. The lowest BCUT2D eigenvalue weighted by Crippen LogP contribution is -2.50. The molecule has 0 saturated carbocycles. The van der Waals surface area contributed by atoms with E-state index in [1.807, 2.05) is 44.2 Å². The first-order chi connectivity index (χ1) is 18.1. The topological polar surface area (TPSA) is 123 Å². The van der Waals surface area contributed by atoms with Crippen LogP contribution in [0.3, 0.4) is 0 Å². The molecule has 1 saturated heterocycles. The van der Waals surface area contributed by atoms with Crippen molar-refractivity contribution >= 4 is 23.6 Å². The van der Waals surface area contributed by atoms with Gasteiger partial charge in [-0.1, -0.05) is 44.2 Å². The van der Waals surface area contributed by atoms with Gasteiger partial charge >= 0.3 is 12.7 Å².